The van der Waals surface area contributed by atoms with E-state index >= 15 is 0 Å². The van der Waals surface area contributed by atoms with Gasteiger partial charge < -0.3 is 4.74 Å². The van der Waals surface area contributed by atoms with E-state index in [0.29, 0.717) is 5.70 Å². The van der Waals surface area contributed by atoms with Crippen molar-refractivity contribution in [2.75, 3.05) is 7.11 Å². The maximum absolute atomic E-state index is 11.4. The van der Waals surface area contributed by atoms with E-state index in [9.17, 15) is 5.11 Å². The van der Waals surface area contributed by atoms with Gasteiger partial charge in [-0.15, -0.1) is 0 Å². The lowest BCUT2D eigenvalue weighted by atomic mass is 10.1. The van der Waals surface area contributed by atoms with Crippen LogP contribution >= 0.6 is 0 Å². The molecule has 0 spiro atoms. The highest BCUT2D eigenvalue weighted by molar-refractivity contribution is 5.84. The van der Waals surface area contributed by atoms with E-state index in [1.807, 2.05) is 36.4 Å². The summed E-state index contributed by atoms with van der Waals surface area (Å²) in [6, 6.07) is 12.0. The molecule has 3 heteroatoms. The van der Waals surface area contributed by atoms with Crippen LogP contribution in [0.2, 0.25) is 0 Å². The van der Waals surface area contributed by atoms with E-state index in [2.05, 4.69) is 9.73 Å². The molecule has 0 saturated heterocycles. The topological polar surface area (TPSA) is 41.5 Å². The van der Waals surface area contributed by atoms with E-state index in [0.717, 1.165) is 21.3 Å². The van der Waals surface area contributed by atoms with Crippen molar-refractivity contribution in [3.63, 3.8) is 0 Å². The Hall–Kier alpha value is -2.29. The molecule has 2 aromatic rings. The minimum atomic E-state index is -0.398. The van der Waals surface area contributed by atoms with Crippen molar-refractivity contribution < 1.29 is 9.84 Å². The predicted octanol–water partition coefficient (Wildman–Crippen LogP) is 1.50. The van der Waals surface area contributed by atoms with E-state index in [1.165, 1.54) is 7.11 Å². The molecule has 0 aliphatic carbocycles. The molecule has 1 heterocycles. The maximum Gasteiger partial charge on any atom is 0.356 e. The first-order valence-corrected chi connectivity index (χ1v) is 5.33. The zero-order chi connectivity index (χ0) is 11.8. The summed E-state index contributed by atoms with van der Waals surface area (Å²) in [5.74, 6) is -0.398. The summed E-state index contributed by atoms with van der Waals surface area (Å²) in [6.45, 7) is 0. The van der Waals surface area contributed by atoms with Crippen LogP contribution in [0.3, 0.4) is 0 Å². The molecule has 0 atom stereocenters. The van der Waals surface area contributed by atoms with Crippen LogP contribution in [0, 0.1) is 0 Å². The lowest BCUT2D eigenvalue weighted by molar-refractivity contribution is 0.0832. The molecule has 0 fully saturated rings. The third kappa shape index (κ3) is 1.47. The number of hydrogen-bond donors (Lipinski definition) is 0. The van der Waals surface area contributed by atoms with Crippen LogP contribution in [0.5, 0.6) is 0 Å². The van der Waals surface area contributed by atoms with Gasteiger partial charge in [0.05, 0.1) is 12.5 Å². The normalized spacial score (nSPS) is 16.1. The Kier molecular flexibility index (Phi) is 2.11. The first-order chi connectivity index (χ1) is 8.29. The summed E-state index contributed by atoms with van der Waals surface area (Å²) in [5.41, 5.74) is 0.360. The van der Waals surface area contributed by atoms with E-state index in [1.54, 1.807) is 6.08 Å². The Morgan fingerprint density at radius 2 is 2.00 bits per heavy atom. The van der Waals surface area contributed by atoms with Crippen LogP contribution in [0.25, 0.3) is 16.8 Å². The van der Waals surface area contributed by atoms with Crippen molar-refractivity contribution >= 4 is 16.8 Å². The smallest absolute Gasteiger partial charge is 0.356 e. The monoisotopic (exact) mass is 224 g/mol. The summed E-state index contributed by atoms with van der Waals surface area (Å²) in [4.78, 5) is 4.26. The molecule has 17 heavy (non-hydrogen) atoms. The Labute approximate surface area is 98.0 Å². The minimum Gasteiger partial charge on any atom is -0.464 e. The van der Waals surface area contributed by atoms with Crippen LogP contribution in [0.1, 0.15) is 0 Å². The Morgan fingerprint density at radius 1 is 1.18 bits per heavy atom. The molecule has 0 amide bonds. The van der Waals surface area contributed by atoms with Gasteiger partial charge in [0, 0.05) is 5.22 Å². The van der Waals surface area contributed by atoms with Crippen LogP contribution in [-0.2, 0) is 9.84 Å². The number of benzene rings is 2. The molecule has 0 saturated carbocycles. The summed E-state index contributed by atoms with van der Waals surface area (Å²) >= 11 is 0. The van der Waals surface area contributed by atoms with E-state index in [-0.39, 0.29) is 0 Å². The van der Waals surface area contributed by atoms with Crippen molar-refractivity contribution in [3.8, 4) is 0 Å². The second-order valence-corrected chi connectivity index (χ2v) is 3.85. The maximum atomic E-state index is 11.4. The van der Waals surface area contributed by atoms with Crippen molar-refractivity contribution in [2.45, 2.75) is 0 Å². The van der Waals surface area contributed by atoms with Gasteiger partial charge in [0.25, 0.3) is 0 Å². The molecular formula is C14H10NO2. The zero-order valence-corrected chi connectivity index (χ0v) is 9.31. The number of allylic oxidation sites excluding steroid dienone is 1. The Balaban J connectivity index is 2.41. The molecule has 1 radical (unpaired) electrons. The fraction of sp³-hybridized carbons (Fsp3) is 0.0714. The second-order valence-electron chi connectivity index (χ2n) is 3.85. The lowest BCUT2D eigenvalue weighted by Gasteiger charge is -1.95. The van der Waals surface area contributed by atoms with Gasteiger partial charge >= 0.3 is 5.95 Å². The third-order valence-electron chi connectivity index (χ3n) is 2.86. The standard InChI is InChI=1S/C14H10NO2/c1-17-14(16)13-8-11-10-5-3-2-4-9(10)6-7-12(11)15-13/h2-8H,1H3. The largest absolute Gasteiger partial charge is 0.464 e. The molecule has 2 aromatic carbocycles. The number of hydrogen-bond acceptors (Lipinski definition) is 2. The number of ether oxygens (including phenoxy) is 1. The Morgan fingerprint density at radius 3 is 2.82 bits per heavy atom. The highest BCUT2D eigenvalue weighted by atomic mass is 16.6. The van der Waals surface area contributed by atoms with Gasteiger partial charge in [-0.3, -0.25) is 0 Å². The molecule has 0 unspecified atom stereocenters. The molecule has 83 valence electrons. The molecule has 3 nitrogen and oxygen atoms in total. The molecule has 0 bridgehead atoms. The first-order valence-electron chi connectivity index (χ1n) is 5.33. The highest BCUT2D eigenvalue weighted by Crippen LogP contribution is 2.12. The molecule has 3 rings (SSSR count). The van der Waals surface area contributed by atoms with Crippen LogP contribution in [-0.4, -0.2) is 7.11 Å². The van der Waals surface area contributed by atoms with Crippen LogP contribution in [0.4, 0.5) is 0 Å². The first kappa shape index (κ1) is 9.90. The van der Waals surface area contributed by atoms with E-state index < -0.39 is 5.95 Å². The van der Waals surface area contributed by atoms with E-state index in [4.69, 9.17) is 0 Å². The summed E-state index contributed by atoms with van der Waals surface area (Å²) in [5, 5.41) is 15.5. The summed E-state index contributed by atoms with van der Waals surface area (Å²) in [6.07, 6.45) is 1.78. The van der Waals surface area contributed by atoms with Crippen LogP contribution < -0.4 is 10.6 Å². The average Bonchev–Trinajstić information content (AvgIpc) is 2.82. The van der Waals surface area contributed by atoms with Crippen LogP contribution in [0.15, 0.2) is 53.0 Å². The lowest BCUT2D eigenvalue weighted by Crippen LogP contribution is -2.21. The van der Waals surface area contributed by atoms with Gasteiger partial charge in [-0.05, 0) is 22.9 Å². The van der Waals surface area contributed by atoms with Gasteiger partial charge in [-0.1, -0.05) is 30.3 Å². The fourth-order valence-electron chi connectivity index (χ4n) is 2.04. The van der Waals surface area contributed by atoms with Crippen molar-refractivity contribution in [2.24, 2.45) is 4.99 Å². The minimum absolute atomic E-state index is 0.360. The number of fused-ring (bicyclic) bond motifs is 3. The Bertz CT molecular complexity index is 744. The van der Waals surface area contributed by atoms with Gasteiger partial charge in [-0.2, -0.15) is 0 Å². The number of methoxy groups -OCH3 is 1. The molecule has 1 aliphatic rings. The predicted molar refractivity (Wildman–Crippen MR) is 63.9 cm³/mol. The SMILES string of the molecule is COC([O])=C1C=c2c(ccc3ccccc23)=N1. The zero-order valence-electron chi connectivity index (χ0n) is 9.31. The fourth-order valence-corrected chi connectivity index (χ4v) is 2.04. The molecule has 1 aliphatic heterocycles. The van der Waals surface area contributed by atoms with Gasteiger partial charge in [-0.25, -0.2) is 10.1 Å². The summed E-state index contributed by atoms with van der Waals surface area (Å²) < 4.78 is 4.68. The molecular weight excluding hydrogens is 214 g/mol. The number of nitrogens with zero attached hydrogens (tertiary/aromatic N) is 1. The second kappa shape index (κ2) is 3.63. The average molecular weight is 224 g/mol. The molecule has 0 aromatic heterocycles. The quantitative estimate of drug-likeness (QED) is 0.677. The number of rotatable bonds is 1. The van der Waals surface area contributed by atoms with Crippen molar-refractivity contribution in [1.29, 1.82) is 0 Å². The van der Waals surface area contributed by atoms with Gasteiger partial charge in [0.15, 0.2) is 0 Å². The van der Waals surface area contributed by atoms with Gasteiger partial charge in [0.2, 0.25) is 0 Å². The van der Waals surface area contributed by atoms with Crippen molar-refractivity contribution in [3.05, 3.63) is 58.6 Å². The molecule has 0 N–H and O–H groups in total. The highest BCUT2D eigenvalue weighted by Gasteiger charge is 2.10. The summed E-state index contributed by atoms with van der Waals surface area (Å²) in [7, 11) is 1.36. The third-order valence-corrected chi connectivity index (χ3v) is 2.86. The van der Waals surface area contributed by atoms with Crippen molar-refractivity contribution in [1.82, 2.24) is 0 Å². The van der Waals surface area contributed by atoms with Gasteiger partial charge in [0.1, 0.15) is 5.70 Å².